The summed E-state index contributed by atoms with van der Waals surface area (Å²) < 4.78 is 13.3. The van der Waals surface area contributed by atoms with Crippen LogP contribution in [0.3, 0.4) is 0 Å². The van der Waals surface area contributed by atoms with Crippen molar-refractivity contribution in [1.29, 1.82) is 0 Å². The summed E-state index contributed by atoms with van der Waals surface area (Å²) in [7, 11) is 1.72. The van der Waals surface area contributed by atoms with Crippen LogP contribution in [0.2, 0.25) is 0 Å². The van der Waals surface area contributed by atoms with Gasteiger partial charge in [-0.15, -0.1) is 10.2 Å². The topological polar surface area (TPSA) is 123 Å². The molecule has 1 aliphatic rings. The predicted octanol–water partition coefficient (Wildman–Crippen LogP) is 4.23. The number of rotatable bonds is 6. The Labute approximate surface area is 207 Å². The normalized spacial score (nSPS) is 15.4. The average molecular weight is 484 g/mol. The molecular weight excluding hydrogens is 458 g/mol. The molecule has 0 amide bonds. The second kappa shape index (κ2) is 9.82. The van der Waals surface area contributed by atoms with E-state index in [1.165, 1.54) is 0 Å². The van der Waals surface area contributed by atoms with Crippen molar-refractivity contribution in [3.05, 3.63) is 66.2 Å². The van der Waals surface area contributed by atoms with Crippen LogP contribution in [-0.2, 0) is 4.74 Å². The van der Waals surface area contributed by atoms with Crippen LogP contribution in [0.15, 0.2) is 70.1 Å². The van der Waals surface area contributed by atoms with E-state index < -0.39 is 0 Å². The first-order valence-corrected chi connectivity index (χ1v) is 11.3. The van der Waals surface area contributed by atoms with E-state index in [-0.39, 0.29) is 6.04 Å². The number of nitrogens with one attached hydrogen (secondary N) is 2. The summed E-state index contributed by atoms with van der Waals surface area (Å²) in [6, 6.07) is 13.8. The molecule has 182 valence electrons. The number of fused-ring (bicyclic) bond motifs is 1. The van der Waals surface area contributed by atoms with Crippen molar-refractivity contribution < 1.29 is 9.47 Å². The number of hydrogen-bond acceptors (Lipinski definition) is 9. The number of nitrogens with zero attached hydrogens (tertiary/aromatic N) is 7. The lowest BCUT2D eigenvalue weighted by Gasteiger charge is -2.15. The van der Waals surface area contributed by atoms with Gasteiger partial charge in [-0.05, 0) is 62.5 Å². The van der Waals surface area contributed by atoms with Crippen LogP contribution >= 0.6 is 0 Å². The maximum atomic E-state index is 5.98. The molecule has 4 aromatic rings. The average Bonchev–Trinajstić information content (AvgIpc) is 3.52. The Kier molecular flexibility index (Phi) is 6.27. The molecule has 5 rings (SSSR count). The van der Waals surface area contributed by atoms with Gasteiger partial charge in [0.1, 0.15) is 30.8 Å². The van der Waals surface area contributed by atoms with Crippen LogP contribution in [0.25, 0.3) is 5.65 Å². The number of aromatic nitrogens is 4. The van der Waals surface area contributed by atoms with E-state index in [2.05, 4.69) is 47.5 Å². The summed E-state index contributed by atoms with van der Waals surface area (Å²) in [5, 5.41) is 14.5. The molecular formula is C25H25N9O2. The molecule has 0 aliphatic carbocycles. The highest BCUT2D eigenvalue weighted by atomic mass is 16.5. The van der Waals surface area contributed by atoms with Gasteiger partial charge in [0.05, 0.1) is 11.7 Å². The van der Waals surface area contributed by atoms with Gasteiger partial charge in [0.2, 0.25) is 5.88 Å². The van der Waals surface area contributed by atoms with Gasteiger partial charge in [0.25, 0.3) is 6.02 Å². The second-order valence-electron chi connectivity index (χ2n) is 8.21. The molecule has 0 bridgehead atoms. The molecule has 11 heteroatoms. The quantitative estimate of drug-likeness (QED) is 0.311. The largest absolute Gasteiger partial charge is 0.463 e. The fourth-order valence-corrected chi connectivity index (χ4v) is 3.71. The Hall–Kier alpha value is -4.80. The van der Waals surface area contributed by atoms with Crippen molar-refractivity contribution in [3.8, 4) is 11.6 Å². The van der Waals surface area contributed by atoms with Crippen molar-refractivity contribution in [3.63, 3.8) is 0 Å². The van der Waals surface area contributed by atoms with E-state index in [1.807, 2.05) is 50.2 Å². The van der Waals surface area contributed by atoms with Crippen molar-refractivity contribution in [2.75, 3.05) is 24.3 Å². The molecule has 2 aromatic carbocycles. The number of anilines is 2. The van der Waals surface area contributed by atoms with Crippen LogP contribution in [0.1, 0.15) is 18.1 Å². The summed E-state index contributed by atoms with van der Waals surface area (Å²) >= 11 is 0. The van der Waals surface area contributed by atoms with E-state index in [1.54, 1.807) is 30.2 Å². The van der Waals surface area contributed by atoms with Crippen LogP contribution in [0, 0.1) is 6.92 Å². The minimum absolute atomic E-state index is 0.132. The zero-order valence-corrected chi connectivity index (χ0v) is 20.1. The van der Waals surface area contributed by atoms with Gasteiger partial charge in [-0.25, -0.2) is 9.98 Å². The summed E-state index contributed by atoms with van der Waals surface area (Å²) in [5.74, 6) is 1.75. The van der Waals surface area contributed by atoms with E-state index in [0.29, 0.717) is 41.4 Å². The fourth-order valence-electron chi connectivity index (χ4n) is 3.71. The van der Waals surface area contributed by atoms with Crippen LogP contribution in [0.5, 0.6) is 11.6 Å². The molecule has 0 spiro atoms. The maximum absolute atomic E-state index is 5.98. The van der Waals surface area contributed by atoms with Gasteiger partial charge < -0.3 is 20.1 Å². The SMILES string of the molecule is C=Nc1ccc(NC2=N[C@@H](C)CO2)cc1/C(=N\C)Nc1ccc(Oc2cc3nncn3cn2)c(C)c1. The molecule has 3 heterocycles. The van der Waals surface area contributed by atoms with Crippen LogP contribution in [0.4, 0.5) is 17.1 Å². The standard InChI is InChI=1S/C25H25N9O2/c1-15-9-17(6-8-21(15)36-23-11-22-33-29-14-34(22)13-28-23)31-24(27-4)19-10-18(5-7-20(19)26-3)32-25-30-16(2)12-35-25/h5-11,13-14,16H,3,12H2,1-2,4H3,(H,27,31)(H,30,32)/t16-/m0/s1. The molecule has 0 saturated heterocycles. The minimum Gasteiger partial charge on any atom is -0.463 e. The highest BCUT2D eigenvalue weighted by Crippen LogP contribution is 2.29. The third-order valence-corrected chi connectivity index (χ3v) is 5.51. The zero-order chi connectivity index (χ0) is 25.1. The maximum Gasteiger partial charge on any atom is 0.289 e. The number of hydrogen-bond donors (Lipinski definition) is 2. The Balaban J connectivity index is 1.35. The predicted molar refractivity (Wildman–Crippen MR) is 140 cm³/mol. The zero-order valence-electron chi connectivity index (χ0n) is 20.1. The number of aryl methyl sites for hydroxylation is 1. The Morgan fingerprint density at radius 3 is 2.78 bits per heavy atom. The lowest BCUT2D eigenvalue weighted by molar-refractivity contribution is 0.322. The monoisotopic (exact) mass is 483 g/mol. The molecule has 11 nitrogen and oxygen atoms in total. The molecule has 2 N–H and O–H groups in total. The highest BCUT2D eigenvalue weighted by molar-refractivity contribution is 6.12. The van der Waals surface area contributed by atoms with Crippen LogP contribution in [-0.4, -0.2) is 57.9 Å². The summed E-state index contributed by atoms with van der Waals surface area (Å²) in [5.41, 5.74) is 4.71. The molecule has 36 heavy (non-hydrogen) atoms. The van der Waals surface area contributed by atoms with E-state index >= 15 is 0 Å². The Bertz CT molecular complexity index is 1490. The van der Waals surface area contributed by atoms with Crippen LogP contribution < -0.4 is 15.4 Å². The Morgan fingerprint density at radius 2 is 2.03 bits per heavy atom. The van der Waals surface area contributed by atoms with Crippen molar-refractivity contribution in [2.45, 2.75) is 19.9 Å². The lowest BCUT2D eigenvalue weighted by Crippen LogP contribution is -2.16. The second-order valence-corrected chi connectivity index (χ2v) is 8.21. The minimum atomic E-state index is 0.132. The van der Waals surface area contributed by atoms with Gasteiger partial charge in [-0.2, -0.15) is 0 Å². The molecule has 0 radical (unpaired) electrons. The number of aliphatic imine (C=N–C) groups is 3. The summed E-state index contributed by atoms with van der Waals surface area (Å²) in [6.45, 7) is 8.23. The van der Waals surface area contributed by atoms with Gasteiger partial charge in [0, 0.05) is 30.1 Å². The fraction of sp³-hybridized carbons (Fsp3) is 0.200. The lowest BCUT2D eigenvalue weighted by atomic mass is 10.1. The van der Waals surface area contributed by atoms with Gasteiger partial charge >= 0.3 is 0 Å². The first-order valence-electron chi connectivity index (χ1n) is 11.3. The molecule has 0 unspecified atom stereocenters. The number of ether oxygens (including phenoxy) is 2. The van der Waals surface area contributed by atoms with E-state index in [4.69, 9.17) is 9.47 Å². The number of benzene rings is 2. The first-order chi connectivity index (χ1) is 17.5. The number of amidine groups is 2. The Morgan fingerprint density at radius 1 is 1.17 bits per heavy atom. The first kappa shape index (κ1) is 23.0. The van der Waals surface area contributed by atoms with Crippen molar-refractivity contribution >= 4 is 41.3 Å². The summed E-state index contributed by atoms with van der Waals surface area (Å²) in [4.78, 5) is 17.3. The van der Waals surface area contributed by atoms with E-state index in [0.717, 1.165) is 22.5 Å². The molecule has 1 aliphatic heterocycles. The molecule has 1 atom stereocenters. The highest BCUT2D eigenvalue weighted by Gasteiger charge is 2.16. The smallest absolute Gasteiger partial charge is 0.289 e. The summed E-state index contributed by atoms with van der Waals surface area (Å²) in [6.07, 6.45) is 3.20. The third kappa shape index (κ3) is 4.85. The molecule has 2 aromatic heterocycles. The molecule has 0 saturated carbocycles. The third-order valence-electron chi connectivity index (χ3n) is 5.51. The van der Waals surface area contributed by atoms with Gasteiger partial charge in [0.15, 0.2) is 5.65 Å². The van der Waals surface area contributed by atoms with E-state index in [9.17, 15) is 0 Å². The van der Waals surface area contributed by atoms with Crippen molar-refractivity contribution in [2.24, 2.45) is 15.0 Å². The van der Waals surface area contributed by atoms with Gasteiger partial charge in [-0.3, -0.25) is 14.4 Å². The van der Waals surface area contributed by atoms with Gasteiger partial charge in [-0.1, -0.05) is 0 Å². The molecule has 0 fully saturated rings. The van der Waals surface area contributed by atoms with Crippen molar-refractivity contribution in [1.82, 2.24) is 19.6 Å².